The molecule has 0 aliphatic rings. The SMILES string of the molecule is CC(C)c1ccccc1N=Nc1c(N)nc(N)nc1N. The highest BCUT2D eigenvalue weighted by Gasteiger charge is 2.09. The zero-order valence-corrected chi connectivity index (χ0v) is 11.4. The molecule has 0 amide bonds. The average Bonchev–Trinajstić information content (AvgIpc) is 2.37. The van der Waals surface area contributed by atoms with Crippen LogP contribution in [0.15, 0.2) is 34.5 Å². The molecular weight excluding hydrogens is 254 g/mol. The lowest BCUT2D eigenvalue weighted by molar-refractivity contribution is 0.864. The molecule has 2 aromatic rings. The third-order valence-electron chi connectivity index (χ3n) is 2.77. The third-order valence-corrected chi connectivity index (χ3v) is 2.77. The summed E-state index contributed by atoms with van der Waals surface area (Å²) in [6, 6.07) is 7.74. The highest BCUT2D eigenvalue weighted by Crippen LogP contribution is 2.31. The van der Waals surface area contributed by atoms with Gasteiger partial charge in [0.2, 0.25) is 5.95 Å². The van der Waals surface area contributed by atoms with Crippen LogP contribution < -0.4 is 17.2 Å². The average molecular weight is 271 g/mol. The summed E-state index contributed by atoms with van der Waals surface area (Å²) in [5.41, 5.74) is 19.0. The molecule has 7 nitrogen and oxygen atoms in total. The van der Waals surface area contributed by atoms with Crippen molar-refractivity contribution in [2.24, 2.45) is 10.2 Å². The van der Waals surface area contributed by atoms with E-state index in [2.05, 4.69) is 34.0 Å². The van der Waals surface area contributed by atoms with Gasteiger partial charge < -0.3 is 17.2 Å². The van der Waals surface area contributed by atoms with Gasteiger partial charge in [-0.15, -0.1) is 5.11 Å². The fourth-order valence-corrected chi connectivity index (χ4v) is 1.78. The number of hydrogen-bond acceptors (Lipinski definition) is 7. The second-order valence-corrected chi connectivity index (χ2v) is 4.61. The maximum absolute atomic E-state index is 5.72. The Labute approximate surface area is 116 Å². The van der Waals surface area contributed by atoms with E-state index < -0.39 is 0 Å². The number of azo groups is 1. The van der Waals surface area contributed by atoms with Crippen molar-refractivity contribution in [2.75, 3.05) is 17.2 Å². The van der Waals surface area contributed by atoms with Gasteiger partial charge in [0.25, 0.3) is 0 Å². The van der Waals surface area contributed by atoms with E-state index in [1.165, 1.54) is 0 Å². The fraction of sp³-hybridized carbons (Fsp3) is 0.231. The van der Waals surface area contributed by atoms with E-state index in [0.717, 1.165) is 11.3 Å². The first-order chi connectivity index (χ1) is 9.49. The third kappa shape index (κ3) is 2.82. The number of benzene rings is 1. The van der Waals surface area contributed by atoms with Crippen LogP contribution >= 0.6 is 0 Å². The van der Waals surface area contributed by atoms with Crippen LogP contribution in [0.1, 0.15) is 25.3 Å². The first kappa shape index (κ1) is 13.7. The maximum Gasteiger partial charge on any atom is 0.224 e. The largest absolute Gasteiger partial charge is 0.382 e. The number of aromatic nitrogens is 2. The van der Waals surface area contributed by atoms with E-state index in [1.54, 1.807) is 0 Å². The predicted molar refractivity (Wildman–Crippen MR) is 80.0 cm³/mol. The van der Waals surface area contributed by atoms with Gasteiger partial charge in [0.15, 0.2) is 17.3 Å². The summed E-state index contributed by atoms with van der Waals surface area (Å²) < 4.78 is 0. The number of nitrogen functional groups attached to an aromatic ring is 3. The Hall–Kier alpha value is -2.70. The molecule has 0 saturated carbocycles. The summed E-state index contributed by atoms with van der Waals surface area (Å²) in [7, 11) is 0. The molecule has 7 heteroatoms. The summed E-state index contributed by atoms with van der Waals surface area (Å²) in [4.78, 5) is 7.63. The van der Waals surface area contributed by atoms with Crippen LogP contribution in [0.4, 0.5) is 29.0 Å². The summed E-state index contributed by atoms with van der Waals surface area (Å²) >= 11 is 0. The van der Waals surface area contributed by atoms with Gasteiger partial charge in [-0.1, -0.05) is 32.0 Å². The van der Waals surface area contributed by atoms with Crippen molar-refractivity contribution in [3.63, 3.8) is 0 Å². The van der Waals surface area contributed by atoms with Crippen molar-refractivity contribution < 1.29 is 0 Å². The first-order valence-electron chi connectivity index (χ1n) is 6.18. The molecule has 0 radical (unpaired) electrons. The van der Waals surface area contributed by atoms with E-state index in [9.17, 15) is 0 Å². The molecule has 6 N–H and O–H groups in total. The van der Waals surface area contributed by atoms with Crippen LogP contribution in [0.2, 0.25) is 0 Å². The van der Waals surface area contributed by atoms with E-state index >= 15 is 0 Å². The van der Waals surface area contributed by atoms with Gasteiger partial charge >= 0.3 is 0 Å². The molecule has 0 saturated heterocycles. The zero-order chi connectivity index (χ0) is 14.7. The Morgan fingerprint density at radius 1 is 0.950 bits per heavy atom. The van der Waals surface area contributed by atoms with Gasteiger partial charge in [0, 0.05) is 0 Å². The van der Waals surface area contributed by atoms with Crippen molar-refractivity contribution in [3.05, 3.63) is 29.8 Å². The summed E-state index contributed by atoms with van der Waals surface area (Å²) in [5, 5.41) is 8.25. The van der Waals surface area contributed by atoms with Crippen LogP contribution in [-0.4, -0.2) is 9.97 Å². The van der Waals surface area contributed by atoms with E-state index in [-0.39, 0.29) is 23.3 Å². The van der Waals surface area contributed by atoms with Crippen LogP contribution in [-0.2, 0) is 0 Å². The Morgan fingerprint density at radius 3 is 2.15 bits per heavy atom. The Balaban J connectivity index is 2.40. The molecule has 104 valence electrons. The summed E-state index contributed by atoms with van der Waals surface area (Å²) in [6.07, 6.45) is 0. The molecule has 0 aliphatic carbocycles. The predicted octanol–water partition coefficient (Wildman–Crippen LogP) is 2.76. The zero-order valence-electron chi connectivity index (χ0n) is 11.4. The lowest BCUT2D eigenvalue weighted by Crippen LogP contribution is -2.03. The van der Waals surface area contributed by atoms with Gasteiger partial charge in [-0.05, 0) is 17.5 Å². The van der Waals surface area contributed by atoms with E-state index in [1.807, 2.05) is 24.3 Å². The van der Waals surface area contributed by atoms with Crippen molar-refractivity contribution in [1.29, 1.82) is 0 Å². The van der Waals surface area contributed by atoms with Gasteiger partial charge in [0.1, 0.15) is 0 Å². The standard InChI is InChI=1S/C13H17N7/c1-7(2)8-5-3-4-6-9(8)19-20-10-11(14)17-13(16)18-12(10)15/h3-7H,1-2H3,(H6,14,15,16,17,18). The van der Waals surface area contributed by atoms with Gasteiger partial charge in [-0.2, -0.15) is 15.1 Å². The number of nitrogens with two attached hydrogens (primary N) is 3. The van der Waals surface area contributed by atoms with Crippen molar-refractivity contribution in [1.82, 2.24) is 9.97 Å². The molecule has 1 heterocycles. The van der Waals surface area contributed by atoms with Crippen LogP contribution in [0.25, 0.3) is 0 Å². The van der Waals surface area contributed by atoms with Crippen molar-refractivity contribution in [2.45, 2.75) is 19.8 Å². The Bertz CT molecular complexity index is 626. The minimum absolute atomic E-state index is 0.0153. The molecule has 20 heavy (non-hydrogen) atoms. The number of anilines is 3. The Kier molecular flexibility index (Phi) is 3.79. The normalized spacial score (nSPS) is 11.3. The minimum atomic E-state index is 0.0153. The topological polar surface area (TPSA) is 129 Å². The lowest BCUT2D eigenvalue weighted by Gasteiger charge is -2.08. The van der Waals surface area contributed by atoms with Crippen LogP contribution in [0.5, 0.6) is 0 Å². The molecule has 0 unspecified atom stereocenters. The Morgan fingerprint density at radius 2 is 1.55 bits per heavy atom. The fourth-order valence-electron chi connectivity index (χ4n) is 1.78. The molecule has 0 spiro atoms. The number of hydrogen-bond donors (Lipinski definition) is 3. The highest BCUT2D eigenvalue weighted by molar-refractivity contribution is 5.71. The molecular formula is C13H17N7. The second-order valence-electron chi connectivity index (χ2n) is 4.61. The van der Waals surface area contributed by atoms with Crippen molar-refractivity contribution in [3.8, 4) is 0 Å². The number of rotatable bonds is 3. The molecule has 0 atom stereocenters. The lowest BCUT2D eigenvalue weighted by atomic mass is 10.0. The monoisotopic (exact) mass is 271 g/mol. The smallest absolute Gasteiger partial charge is 0.224 e. The van der Waals surface area contributed by atoms with Crippen molar-refractivity contribution >= 4 is 29.0 Å². The van der Waals surface area contributed by atoms with Crippen LogP contribution in [0, 0.1) is 0 Å². The summed E-state index contributed by atoms with van der Waals surface area (Å²) in [5.74, 6) is 0.575. The first-order valence-corrected chi connectivity index (χ1v) is 6.18. The number of nitrogens with zero attached hydrogens (tertiary/aromatic N) is 4. The molecule has 0 fully saturated rings. The minimum Gasteiger partial charge on any atom is -0.382 e. The van der Waals surface area contributed by atoms with Gasteiger partial charge in [-0.25, -0.2) is 0 Å². The molecule has 1 aromatic carbocycles. The van der Waals surface area contributed by atoms with E-state index in [4.69, 9.17) is 17.2 Å². The van der Waals surface area contributed by atoms with Crippen LogP contribution in [0.3, 0.4) is 0 Å². The summed E-state index contributed by atoms with van der Waals surface area (Å²) in [6.45, 7) is 4.17. The van der Waals surface area contributed by atoms with Gasteiger partial charge in [-0.3, -0.25) is 0 Å². The maximum atomic E-state index is 5.72. The molecule has 2 rings (SSSR count). The molecule has 0 bridgehead atoms. The van der Waals surface area contributed by atoms with E-state index in [0.29, 0.717) is 5.92 Å². The second kappa shape index (κ2) is 5.52. The highest BCUT2D eigenvalue weighted by atomic mass is 15.2. The quantitative estimate of drug-likeness (QED) is 0.739. The molecule has 1 aromatic heterocycles. The van der Waals surface area contributed by atoms with Gasteiger partial charge in [0.05, 0.1) is 5.69 Å². The molecule has 0 aliphatic heterocycles.